The Bertz CT molecular complexity index is 1540. The molecule has 0 radical (unpaired) electrons. The summed E-state index contributed by atoms with van der Waals surface area (Å²) in [6, 6.07) is 27.7. The highest BCUT2D eigenvalue weighted by Crippen LogP contribution is 2.30. The van der Waals surface area contributed by atoms with E-state index in [1.54, 1.807) is 24.3 Å². The number of aliphatic hydroxyl groups is 1. The van der Waals surface area contributed by atoms with Gasteiger partial charge in [-0.15, -0.1) is 0 Å². The number of rotatable bonds is 7. The number of aromatic nitrogens is 1. The van der Waals surface area contributed by atoms with Crippen LogP contribution in [0, 0.1) is 12.7 Å². The van der Waals surface area contributed by atoms with Crippen molar-refractivity contribution in [3.05, 3.63) is 108 Å². The number of sulfonamides is 1. The lowest BCUT2D eigenvalue weighted by Crippen LogP contribution is -2.39. The number of hydrogen-bond donors (Lipinski definition) is 1. The van der Waals surface area contributed by atoms with Crippen LogP contribution >= 0.6 is 0 Å². The Kier molecular flexibility index (Phi) is 6.05. The first-order valence-corrected chi connectivity index (χ1v) is 12.8. The van der Waals surface area contributed by atoms with E-state index in [-0.39, 0.29) is 23.7 Å². The van der Waals surface area contributed by atoms with E-state index in [0.29, 0.717) is 0 Å². The second-order valence-corrected chi connectivity index (χ2v) is 10.5. The second-order valence-electron chi connectivity index (χ2n) is 8.62. The number of halogens is 1. The van der Waals surface area contributed by atoms with Gasteiger partial charge < -0.3 is 9.67 Å². The molecule has 0 saturated carbocycles. The van der Waals surface area contributed by atoms with Gasteiger partial charge in [-0.05, 0) is 55.5 Å². The predicted octanol–water partition coefficient (Wildman–Crippen LogP) is 5.50. The Morgan fingerprint density at radius 1 is 0.829 bits per heavy atom. The zero-order chi connectivity index (χ0) is 24.6. The largest absolute Gasteiger partial charge is 0.389 e. The summed E-state index contributed by atoms with van der Waals surface area (Å²) in [5, 5.41) is 13.3. The van der Waals surface area contributed by atoms with Crippen LogP contribution in [0.25, 0.3) is 21.8 Å². The minimum atomic E-state index is -4.00. The molecule has 0 aliphatic rings. The molecule has 35 heavy (non-hydrogen) atoms. The summed E-state index contributed by atoms with van der Waals surface area (Å²) in [6.07, 6.45) is -1.03. The van der Waals surface area contributed by atoms with E-state index in [4.69, 9.17) is 0 Å². The summed E-state index contributed by atoms with van der Waals surface area (Å²) in [6.45, 7) is 1.88. The van der Waals surface area contributed by atoms with Gasteiger partial charge >= 0.3 is 0 Å². The van der Waals surface area contributed by atoms with Gasteiger partial charge in [0.1, 0.15) is 5.82 Å². The van der Waals surface area contributed by atoms with Gasteiger partial charge in [-0.2, -0.15) is 0 Å². The van der Waals surface area contributed by atoms with Crippen molar-refractivity contribution in [2.24, 2.45) is 0 Å². The van der Waals surface area contributed by atoms with E-state index in [1.165, 1.54) is 24.3 Å². The van der Waals surface area contributed by atoms with Crippen LogP contribution in [0.4, 0.5) is 10.1 Å². The lowest BCUT2D eigenvalue weighted by molar-refractivity contribution is 0.166. The summed E-state index contributed by atoms with van der Waals surface area (Å²) in [7, 11) is -4.00. The molecule has 5 aromatic rings. The van der Waals surface area contributed by atoms with Gasteiger partial charge in [0.15, 0.2) is 0 Å². The number of aryl methyl sites for hydroxylation is 1. The van der Waals surface area contributed by atoms with Crippen molar-refractivity contribution < 1.29 is 17.9 Å². The summed E-state index contributed by atoms with van der Waals surface area (Å²) in [5.74, 6) is -0.465. The number of benzene rings is 4. The molecular weight excluding hydrogens is 463 g/mol. The molecule has 1 N–H and O–H groups in total. The number of anilines is 1. The van der Waals surface area contributed by atoms with Crippen LogP contribution in [-0.4, -0.2) is 30.7 Å². The van der Waals surface area contributed by atoms with Crippen molar-refractivity contribution >= 4 is 37.5 Å². The normalized spacial score (nSPS) is 12.8. The number of para-hydroxylation sites is 2. The summed E-state index contributed by atoms with van der Waals surface area (Å²) in [4.78, 5) is 0.108. The minimum Gasteiger partial charge on any atom is -0.389 e. The predicted molar refractivity (Wildman–Crippen MR) is 138 cm³/mol. The third-order valence-electron chi connectivity index (χ3n) is 6.17. The van der Waals surface area contributed by atoms with Gasteiger partial charge in [0.05, 0.1) is 29.8 Å². The zero-order valence-corrected chi connectivity index (χ0v) is 20.0. The maximum Gasteiger partial charge on any atom is 0.264 e. The molecule has 1 unspecified atom stereocenters. The lowest BCUT2D eigenvalue weighted by Gasteiger charge is -2.27. The molecule has 178 valence electrons. The molecule has 0 bridgehead atoms. The van der Waals surface area contributed by atoms with Gasteiger partial charge in [0.2, 0.25) is 0 Å². The molecule has 5 rings (SSSR count). The Morgan fingerprint density at radius 2 is 1.37 bits per heavy atom. The smallest absolute Gasteiger partial charge is 0.264 e. The average Bonchev–Trinajstić information content (AvgIpc) is 3.17. The molecule has 1 aromatic heterocycles. The summed E-state index contributed by atoms with van der Waals surface area (Å²) >= 11 is 0. The van der Waals surface area contributed by atoms with Crippen LogP contribution in [0.15, 0.2) is 102 Å². The number of aliphatic hydroxyl groups excluding tert-OH is 1. The van der Waals surface area contributed by atoms with Gasteiger partial charge in [-0.3, -0.25) is 4.31 Å². The molecule has 0 saturated heterocycles. The summed E-state index contributed by atoms with van der Waals surface area (Å²) < 4.78 is 44.0. The van der Waals surface area contributed by atoms with E-state index in [0.717, 1.165) is 31.7 Å². The molecule has 0 spiro atoms. The maximum absolute atomic E-state index is 13.6. The van der Waals surface area contributed by atoms with Crippen molar-refractivity contribution in [2.45, 2.75) is 24.5 Å². The quantitative estimate of drug-likeness (QED) is 0.329. The monoisotopic (exact) mass is 488 g/mol. The first-order chi connectivity index (χ1) is 16.8. The van der Waals surface area contributed by atoms with Crippen LogP contribution in [0.2, 0.25) is 0 Å². The molecule has 1 atom stereocenters. The molecule has 7 heteroatoms. The Hall–Kier alpha value is -3.68. The van der Waals surface area contributed by atoms with Gasteiger partial charge in [0.25, 0.3) is 10.0 Å². The third kappa shape index (κ3) is 4.40. The fraction of sp³-hybridized carbons (Fsp3) is 0.143. The number of fused-ring (bicyclic) bond motifs is 3. The third-order valence-corrected chi connectivity index (χ3v) is 7.98. The van der Waals surface area contributed by atoms with Gasteiger partial charge in [0, 0.05) is 21.8 Å². The molecule has 0 fully saturated rings. The standard InChI is InChI=1S/C28H25FN2O3S/c1-20-10-16-24(17-11-20)35(33,34)31(22-14-12-21(29)13-15-22)19-23(32)18-30-27-8-4-2-6-25(27)26-7-3-5-9-28(26)30/h2-17,23,32H,18-19H2,1H3. The second kappa shape index (κ2) is 9.17. The van der Waals surface area contributed by atoms with Crippen molar-refractivity contribution in [1.29, 1.82) is 0 Å². The van der Waals surface area contributed by atoms with E-state index in [2.05, 4.69) is 0 Å². The average molecular weight is 489 g/mol. The minimum absolute atomic E-state index is 0.108. The van der Waals surface area contributed by atoms with Crippen LogP contribution in [0.1, 0.15) is 5.56 Å². The van der Waals surface area contributed by atoms with Crippen LogP contribution < -0.4 is 4.31 Å². The topological polar surface area (TPSA) is 62.5 Å². The fourth-order valence-electron chi connectivity index (χ4n) is 4.45. The molecule has 0 amide bonds. The first-order valence-electron chi connectivity index (χ1n) is 11.3. The Balaban J connectivity index is 1.53. The molecule has 0 aliphatic heterocycles. The number of nitrogens with zero attached hydrogens (tertiary/aromatic N) is 2. The fourth-order valence-corrected chi connectivity index (χ4v) is 5.95. The highest BCUT2D eigenvalue weighted by Gasteiger charge is 2.28. The molecule has 1 heterocycles. The van der Waals surface area contributed by atoms with Crippen molar-refractivity contribution in [2.75, 3.05) is 10.8 Å². The van der Waals surface area contributed by atoms with E-state index in [9.17, 15) is 17.9 Å². The van der Waals surface area contributed by atoms with E-state index < -0.39 is 21.9 Å². The lowest BCUT2D eigenvalue weighted by atomic mass is 10.2. The molecule has 0 aliphatic carbocycles. The first kappa shape index (κ1) is 23.1. The molecule has 4 aromatic carbocycles. The number of hydrogen-bond acceptors (Lipinski definition) is 3. The SMILES string of the molecule is Cc1ccc(S(=O)(=O)N(CC(O)Cn2c3ccccc3c3ccccc32)c2ccc(F)cc2)cc1. The van der Waals surface area contributed by atoms with E-state index >= 15 is 0 Å². The highest BCUT2D eigenvalue weighted by molar-refractivity contribution is 7.92. The highest BCUT2D eigenvalue weighted by atomic mass is 32.2. The van der Waals surface area contributed by atoms with Crippen LogP contribution in [-0.2, 0) is 16.6 Å². The Labute approximate surface area is 203 Å². The Morgan fingerprint density at radius 3 is 1.94 bits per heavy atom. The van der Waals surface area contributed by atoms with Crippen molar-refractivity contribution in [3.8, 4) is 0 Å². The van der Waals surface area contributed by atoms with E-state index in [1.807, 2.05) is 60.0 Å². The molecular formula is C28H25FN2O3S. The van der Waals surface area contributed by atoms with Crippen LogP contribution in [0.5, 0.6) is 0 Å². The van der Waals surface area contributed by atoms with Crippen LogP contribution in [0.3, 0.4) is 0 Å². The van der Waals surface area contributed by atoms with Gasteiger partial charge in [-0.25, -0.2) is 12.8 Å². The molecule has 5 nitrogen and oxygen atoms in total. The zero-order valence-electron chi connectivity index (χ0n) is 19.2. The summed E-state index contributed by atoms with van der Waals surface area (Å²) in [5.41, 5.74) is 3.14. The maximum atomic E-state index is 13.6. The van der Waals surface area contributed by atoms with Crippen molar-refractivity contribution in [3.63, 3.8) is 0 Å². The van der Waals surface area contributed by atoms with Crippen molar-refractivity contribution in [1.82, 2.24) is 4.57 Å². The van der Waals surface area contributed by atoms with Gasteiger partial charge in [-0.1, -0.05) is 54.1 Å².